The molecule has 7 nitrogen and oxygen atoms in total. The van der Waals surface area contributed by atoms with Crippen molar-refractivity contribution >= 4 is 52.2 Å². The normalized spacial score (nSPS) is 11.1. The zero-order chi connectivity index (χ0) is 24.2. The minimum absolute atomic E-state index is 0.0376. The van der Waals surface area contributed by atoms with Crippen LogP contribution in [0.15, 0.2) is 54.9 Å². The number of hydrogen-bond acceptors (Lipinski definition) is 5. The van der Waals surface area contributed by atoms with E-state index in [1.807, 2.05) is 0 Å². The monoisotopic (exact) mass is 498 g/mol. The Morgan fingerprint density at radius 3 is 2.36 bits per heavy atom. The predicted octanol–water partition coefficient (Wildman–Crippen LogP) is 5.55. The minimum Gasteiger partial charge on any atom is -0.388 e. The standard InChI is InChI=1S/C21H15Cl2F3N4O3/c1-12(31)30(14-6-8-28-20(10-14)33-21(24,25)26)18-9-13(5-7-27-18)29-19(32)11-15-16(22)3-2-4-17(15)23/h2-10H,11H2,1H3,(H,27,29,32). The molecule has 3 rings (SSSR count). The SMILES string of the molecule is CC(=O)N(c1ccnc(OC(F)(F)F)c1)c1cc(NC(=O)Cc2c(Cl)cccc2Cl)ccn1. The van der Waals surface area contributed by atoms with Gasteiger partial charge in [-0.3, -0.25) is 14.5 Å². The lowest BCUT2D eigenvalue weighted by Crippen LogP contribution is -2.24. The van der Waals surface area contributed by atoms with Gasteiger partial charge >= 0.3 is 6.36 Å². The van der Waals surface area contributed by atoms with E-state index in [9.17, 15) is 22.8 Å². The number of pyridine rings is 2. The van der Waals surface area contributed by atoms with Crippen molar-refractivity contribution in [3.05, 3.63) is 70.5 Å². The van der Waals surface area contributed by atoms with Gasteiger partial charge in [0.25, 0.3) is 0 Å². The molecule has 0 aliphatic carbocycles. The molecule has 0 radical (unpaired) electrons. The minimum atomic E-state index is -4.94. The Labute approximate surface area is 196 Å². The fourth-order valence-electron chi connectivity index (χ4n) is 2.87. The van der Waals surface area contributed by atoms with Crippen LogP contribution in [0.3, 0.4) is 0 Å². The lowest BCUT2D eigenvalue weighted by atomic mass is 10.1. The molecule has 0 fully saturated rings. The summed E-state index contributed by atoms with van der Waals surface area (Å²) in [7, 11) is 0. The van der Waals surface area contributed by atoms with Gasteiger partial charge in [0.1, 0.15) is 5.82 Å². The zero-order valence-corrected chi connectivity index (χ0v) is 18.4. The molecule has 1 aromatic carbocycles. The van der Waals surface area contributed by atoms with Crippen molar-refractivity contribution in [1.29, 1.82) is 0 Å². The van der Waals surface area contributed by atoms with E-state index < -0.39 is 24.1 Å². The molecule has 0 unspecified atom stereocenters. The van der Waals surface area contributed by atoms with E-state index >= 15 is 0 Å². The number of halogens is 5. The number of nitrogens with one attached hydrogen (secondary N) is 1. The molecule has 2 aromatic heterocycles. The van der Waals surface area contributed by atoms with Crippen molar-refractivity contribution in [2.24, 2.45) is 0 Å². The zero-order valence-electron chi connectivity index (χ0n) is 16.9. The van der Waals surface area contributed by atoms with Gasteiger partial charge < -0.3 is 10.1 Å². The highest BCUT2D eigenvalue weighted by Crippen LogP contribution is 2.30. The summed E-state index contributed by atoms with van der Waals surface area (Å²) in [6.07, 6.45) is -2.66. The summed E-state index contributed by atoms with van der Waals surface area (Å²) in [4.78, 5) is 33.4. The summed E-state index contributed by atoms with van der Waals surface area (Å²) >= 11 is 12.2. The second kappa shape index (κ2) is 10.1. The van der Waals surface area contributed by atoms with Gasteiger partial charge in [-0.15, -0.1) is 13.2 Å². The first-order valence-corrected chi connectivity index (χ1v) is 10.0. The first kappa shape index (κ1) is 24.3. The van der Waals surface area contributed by atoms with Crippen molar-refractivity contribution < 1.29 is 27.5 Å². The van der Waals surface area contributed by atoms with Gasteiger partial charge in [-0.05, 0) is 29.8 Å². The Hall–Kier alpha value is -3.37. The van der Waals surface area contributed by atoms with Gasteiger partial charge in [0, 0.05) is 47.2 Å². The van der Waals surface area contributed by atoms with Crippen LogP contribution in [0.5, 0.6) is 5.88 Å². The number of hydrogen-bond donors (Lipinski definition) is 1. The number of amides is 2. The fraction of sp³-hybridized carbons (Fsp3) is 0.143. The molecule has 0 spiro atoms. The molecule has 33 heavy (non-hydrogen) atoms. The fourth-order valence-corrected chi connectivity index (χ4v) is 3.40. The Balaban J connectivity index is 1.84. The summed E-state index contributed by atoms with van der Waals surface area (Å²) in [6, 6.07) is 10.0. The van der Waals surface area contributed by atoms with E-state index in [-0.39, 0.29) is 17.9 Å². The molecule has 12 heteroatoms. The molecule has 1 N–H and O–H groups in total. The maximum Gasteiger partial charge on any atom is 0.574 e. The maximum atomic E-state index is 12.5. The smallest absolute Gasteiger partial charge is 0.388 e. The molecular weight excluding hydrogens is 484 g/mol. The second-order valence-corrected chi connectivity index (χ2v) is 7.40. The van der Waals surface area contributed by atoms with Crippen LogP contribution >= 0.6 is 23.2 Å². The molecule has 172 valence electrons. The van der Waals surface area contributed by atoms with Crippen molar-refractivity contribution in [2.45, 2.75) is 19.7 Å². The summed E-state index contributed by atoms with van der Waals surface area (Å²) in [5, 5.41) is 3.33. The first-order chi connectivity index (χ1) is 15.5. The number of aromatic nitrogens is 2. The molecule has 0 saturated heterocycles. The lowest BCUT2D eigenvalue weighted by Gasteiger charge is -2.21. The summed E-state index contributed by atoms with van der Waals surface area (Å²) in [5.74, 6) is -1.66. The van der Waals surface area contributed by atoms with Crippen LogP contribution in [-0.2, 0) is 16.0 Å². The third-order valence-corrected chi connectivity index (χ3v) is 4.88. The van der Waals surface area contributed by atoms with E-state index in [2.05, 4.69) is 20.0 Å². The Bertz CT molecular complexity index is 1170. The Morgan fingerprint density at radius 2 is 1.73 bits per heavy atom. The van der Waals surface area contributed by atoms with Gasteiger partial charge in [0.15, 0.2) is 0 Å². The van der Waals surface area contributed by atoms with E-state index in [0.717, 1.165) is 17.2 Å². The van der Waals surface area contributed by atoms with Crippen molar-refractivity contribution in [3.63, 3.8) is 0 Å². The van der Waals surface area contributed by atoms with E-state index in [0.29, 0.717) is 21.3 Å². The lowest BCUT2D eigenvalue weighted by molar-refractivity contribution is -0.276. The Morgan fingerprint density at radius 1 is 1.06 bits per heavy atom. The number of benzene rings is 1. The molecular formula is C21H15Cl2F3N4O3. The predicted molar refractivity (Wildman–Crippen MR) is 117 cm³/mol. The van der Waals surface area contributed by atoms with Crippen LogP contribution in [0, 0.1) is 0 Å². The van der Waals surface area contributed by atoms with Crippen LogP contribution in [0.4, 0.5) is 30.4 Å². The number of alkyl halides is 3. The van der Waals surface area contributed by atoms with E-state index in [1.54, 1.807) is 18.2 Å². The molecule has 2 amide bonds. The average Bonchev–Trinajstić information content (AvgIpc) is 2.70. The van der Waals surface area contributed by atoms with E-state index in [1.165, 1.54) is 31.3 Å². The van der Waals surface area contributed by atoms with Gasteiger partial charge in [0.2, 0.25) is 17.7 Å². The summed E-state index contributed by atoms with van der Waals surface area (Å²) in [6.45, 7) is 1.21. The second-order valence-electron chi connectivity index (χ2n) is 6.58. The van der Waals surface area contributed by atoms with Gasteiger partial charge in [-0.25, -0.2) is 9.97 Å². The van der Waals surface area contributed by atoms with Crippen molar-refractivity contribution in [3.8, 4) is 5.88 Å². The van der Waals surface area contributed by atoms with Gasteiger partial charge in [-0.2, -0.15) is 0 Å². The maximum absolute atomic E-state index is 12.5. The third kappa shape index (κ3) is 6.56. The number of carbonyl (C=O) groups excluding carboxylic acids is 2. The van der Waals surface area contributed by atoms with Crippen LogP contribution in [0.25, 0.3) is 0 Å². The highest BCUT2D eigenvalue weighted by molar-refractivity contribution is 6.36. The van der Waals surface area contributed by atoms with E-state index in [4.69, 9.17) is 23.2 Å². The van der Waals surface area contributed by atoms with Crippen LogP contribution in [0.1, 0.15) is 12.5 Å². The number of nitrogens with zero attached hydrogens (tertiary/aromatic N) is 3. The molecule has 0 saturated carbocycles. The van der Waals surface area contributed by atoms with Crippen molar-refractivity contribution in [2.75, 3.05) is 10.2 Å². The molecule has 2 heterocycles. The molecule has 0 aliphatic heterocycles. The summed E-state index contributed by atoms with van der Waals surface area (Å²) in [5.41, 5.74) is 0.780. The quantitative estimate of drug-likeness (QED) is 0.481. The van der Waals surface area contributed by atoms with Gasteiger partial charge in [0.05, 0.1) is 12.1 Å². The molecule has 0 atom stereocenters. The molecule has 3 aromatic rings. The van der Waals surface area contributed by atoms with Crippen LogP contribution in [0.2, 0.25) is 10.0 Å². The molecule has 0 aliphatic rings. The topological polar surface area (TPSA) is 84.4 Å². The first-order valence-electron chi connectivity index (χ1n) is 9.25. The Kier molecular flexibility index (Phi) is 7.39. The number of ether oxygens (including phenoxy) is 1. The van der Waals surface area contributed by atoms with Crippen LogP contribution in [-0.4, -0.2) is 28.1 Å². The van der Waals surface area contributed by atoms with Gasteiger partial charge in [-0.1, -0.05) is 29.3 Å². The number of rotatable bonds is 6. The summed E-state index contributed by atoms with van der Waals surface area (Å²) < 4.78 is 41.4. The average molecular weight is 499 g/mol. The number of carbonyl (C=O) groups is 2. The molecule has 0 bridgehead atoms. The third-order valence-electron chi connectivity index (χ3n) is 4.17. The van der Waals surface area contributed by atoms with Crippen molar-refractivity contribution in [1.82, 2.24) is 9.97 Å². The van der Waals surface area contributed by atoms with Crippen LogP contribution < -0.4 is 15.0 Å². The number of anilines is 3. The highest BCUT2D eigenvalue weighted by Gasteiger charge is 2.32. The highest BCUT2D eigenvalue weighted by atomic mass is 35.5. The largest absolute Gasteiger partial charge is 0.574 e.